The Morgan fingerprint density at radius 2 is 0.862 bits per heavy atom. The minimum Gasteiger partial charge on any atom is -0.310 e. The molecule has 0 amide bonds. The van der Waals surface area contributed by atoms with Crippen LogP contribution in [0.5, 0.6) is 0 Å². The van der Waals surface area contributed by atoms with Crippen LogP contribution in [0, 0.1) is 0 Å². The Labute approximate surface area is 343 Å². The highest BCUT2D eigenvalue weighted by atomic mass is 32.1. The molecule has 0 bridgehead atoms. The van der Waals surface area contributed by atoms with Gasteiger partial charge in [0.15, 0.2) is 0 Å². The van der Waals surface area contributed by atoms with Gasteiger partial charge in [-0.1, -0.05) is 127 Å². The molecule has 58 heavy (non-hydrogen) atoms. The molecule has 0 aliphatic carbocycles. The first kappa shape index (κ1) is 33.2. The molecule has 4 heteroatoms. The van der Waals surface area contributed by atoms with Crippen molar-refractivity contribution in [2.75, 3.05) is 4.90 Å². The summed E-state index contributed by atoms with van der Waals surface area (Å²) < 4.78 is 7.73. The molecular formula is C54H34N2S2. The maximum atomic E-state index is 2.44. The fourth-order valence-electron chi connectivity index (χ4n) is 8.85. The quantitative estimate of drug-likeness (QED) is 0.163. The summed E-state index contributed by atoms with van der Waals surface area (Å²) >= 11 is 3.75. The molecule has 3 heterocycles. The van der Waals surface area contributed by atoms with Crippen LogP contribution in [0.1, 0.15) is 0 Å². The number of nitrogens with zero attached hydrogens (tertiary/aromatic N) is 2. The highest BCUT2D eigenvalue weighted by Gasteiger charge is 2.19. The maximum absolute atomic E-state index is 2.44. The van der Waals surface area contributed by atoms with Crippen molar-refractivity contribution in [3.8, 4) is 27.9 Å². The molecule has 0 aliphatic heterocycles. The van der Waals surface area contributed by atoms with E-state index in [1.54, 1.807) is 0 Å². The Kier molecular flexibility index (Phi) is 7.62. The Bertz CT molecular complexity index is 3480. The van der Waals surface area contributed by atoms with E-state index < -0.39 is 0 Å². The SMILES string of the molecule is c1ccc(-c2ccc(N(c3ccc(-c4ccc5c6c7sc8ccccc8c7ccc6n(-c6ccccc6)c5c4)cc3)c3ccc4sc5ccccc5c4c3)cc2)cc1. The zero-order valence-electron chi connectivity index (χ0n) is 31.3. The van der Waals surface area contributed by atoms with Gasteiger partial charge in [-0.15, -0.1) is 22.7 Å². The van der Waals surface area contributed by atoms with E-state index >= 15 is 0 Å². The van der Waals surface area contributed by atoms with Crippen LogP contribution in [0.15, 0.2) is 206 Å². The minimum atomic E-state index is 1.11. The second kappa shape index (κ2) is 13.3. The first-order chi connectivity index (χ1) is 28.7. The minimum absolute atomic E-state index is 1.11. The second-order valence-corrected chi connectivity index (χ2v) is 17.0. The molecular weight excluding hydrogens is 741 g/mol. The molecule has 2 nitrogen and oxygen atoms in total. The molecule has 272 valence electrons. The molecule has 3 aromatic heterocycles. The van der Waals surface area contributed by atoms with Crippen molar-refractivity contribution in [2.24, 2.45) is 0 Å². The van der Waals surface area contributed by atoms with Gasteiger partial charge < -0.3 is 9.47 Å². The standard InChI is InChI=1S/C54H34N2S2/c1-3-11-35(12-4-1)36-19-24-40(25-20-36)55(42-28-32-52-47(34-42)44-16-8-9-17-50(44)57-52)41-26-21-37(22-27-41)38-23-29-46-49(33-38)56(39-13-5-2-6-14-39)48-31-30-45-43-15-7-10-18-51(43)58-54(45)53(46)48/h1-34H. The number of aromatic nitrogens is 1. The van der Waals surface area contributed by atoms with E-state index in [2.05, 4.69) is 216 Å². The van der Waals surface area contributed by atoms with E-state index in [0.29, 0.717) is 0 Å². The number of para-hydroxylation sites is 1. The lowest BCUT2D eigenvalue weighted by atomic mass is 10.0. The summed E-state index contributed by atoms with van der Waals surface area (Å²) in [4.78, 5) is 2.39. The lowest BCUT2D eigenvalue weighted by Gasteiger charge is -2.26. The first-order valence-corrected chi connectivity index (χ1v) is 21.3. The third-order valence-corrected chi connectivity index (χ3v) is 14.0. The zero-order chi connectivity index (χ0) is 38.2. The second-order valence-electron chi connectivity index (χ2n) is 14.9. The van der Waals surface area contributed by atoms with E-state index in [9.17, 15) is 0 Å². The molecule has 0 aliphatic rings. The summed E-state index contributed by atoms with van der Waals surface area (Å²) in [5, 5.41) is 7.84. The zero-order valence-corrected chi connectivity index (χ0v) is 33.0. The van der Waals surface area contributed by atoms with Crippen molar-refractivity contribution in [3.63, 3.8) is 0 Å². The summed E-state index contributed by atoms with van der Waals surface area (Å²) in [7, 11) is 0. The molecule has 0 saturated heterocycles. The average molecular weight is 775 g/mol. The van der Waals surface area contributed by atoms with Gasteiger partial charge in [-0.2, -0.15) is 0 Å². The third-order valence-electron chi connectivity index (χ3n) is 11.6. The number of anilines is 3. The van der Waals surface area contributed by atoms with Crippen LogP contribution >= 0.6 is 22.7 Å². The monoisotopic (exact) mass is 774 g/mol. The smallest absolute Gasteiger partial charge is 0.0555 e. The Hall–Kier alpha value is -6.98. The maximum Gasteiger partial charge on any atom is 0.0555 e. The predicted octanol–water partition coefficient (Wildman–Crippen LogP) is 16.3. The van der Waals surface area contributed by atoms with Gasteiger partial charge in [0.1, 0.15) is 0 Å². The molecule has 0 saturated carbocycles. The van der Waals surface area contributed by atoms with Gasteiger partial charge in [-0.3, -0.25) is 0 Å². The number of hydrogen-bond donors (Lipinski definition) is 0. The van der Waals surface area contributed by atoms with E-state index in [1.165, 1.54) is 90.1 Å². The third kappa shape index (κ3) is 5.30. The van der Waals surface area contributed by atoms with Gasteiger partial charge in [0.2, 0.25) is 0 Å². The fourth-order valence-corrected chi connectivity index (χ4v) is 11.2. The van der Waals surface area contributed by atoms with E-state index in [-0.39, 0.29) is 0 Å². The number of thiophene rings is 2. The summed E-state index contributed by atoms with van der Waals surface area (Å²) in [5.74, 6) is 0. The van der Waals surface area contributed by atoms with Crippen LogP contribution in [0.2, 0.25) is 0 Å². The fraction of sp³-hybridized carbons (Fsp3) is 0. The van der Waals surface area contributed by atoms with Crippen LogP contribution in [-0.2, 0) is 0 Å². The van der Waals surface area contributed by atoms with Gasteiger partial charge in [-0.25, -0.2) is 0 Å². The molecule has 0 atom stereocenters. The first-order valence-electron chi connectivity index (χ1n) is 19.7. The topological polar surface area (TPSA) is 8.17 Å². The molecule has 0 N–H and O–H groups in total. The van der Waals surface area contributed by atoms with E-state index in [0.717, 1.165) is 17.1 Å². The Morgan fingerprint density at radius 3 is 1.59 bits per heavy atom. The summed E-state index contributed by atoms with van der Waals surface area (Å²) in [6.45, 7) is 0. The summed E-state index contributed by atoms with van der Waals surface area (Å²) in [6, 6.07) is 75.5. The molecule has 12 rings (SSSR count). The van der Waals surface area contributed by atoms with Crippen molar-refractivity contribution in [1.29, 1.82) is 0 Å². The number of fused-ring (bicyclic) bond motifs is 10. The molecule has 0 fully saturated rings. The Balaban J connectivity index is 0.996. The molecule has 12 aromatic rings. The van der Waals surface area contributed by atoms with E-state index in [1.807, 2.05) is 22.7 Å². The van der Waals surface area contributed by atoms with Gasteiger partial charge in [-0.05, 0) is 101 Å². The lowest BCUT2D eigenvalue weighted by Crippen LogP contribution is -2.09. The predicted molar refractivity (Wildman–Crippen MR) is 252 cm³/mol. The van der Waals surface area contributed by atoms with Crippen molar-refractivity contribution < 1.29 is 0 Å². The highest BCUT2D eigenvalue weighted by molar-refractivity contribution is 7.27. The number of benzene rings is 9. The average Bonchev–Trinajstić information content (AvgIpc) is 3.97. The molecule has 9 aromatic carbocycles. The van der Waals surface area contributed by atoms with Crippen LogP contribution in [0.4, 0.5) is 17.1 Å². The van der Waals surface area contributed by atoms with Crippen molar-refractivity contribution >= 4 is 102 Å². The van der Waals surface area contributed by atoms with Crippen LogP contribution in [-0.4, -0.2) is 4.57 Å². The van der Waals surface area contributed by atoms with E-state index in [4.69, 9.17) is 0 Å². The normalized spacial score (nSPS) is 11.8. The van der Waals surface area contributed by atoms with Crippen LogP contribution < -0.4 is 4.90 Å². The Morgan fingerprint density at radius 1 is 0.328 bits per heavy atom. The van der Waals surface area contributed by atoms with Gasteiger partial charge >= 0.3 is 0 Å². The highest BCUT2D eigenvalue weighted by Crippen LogP contribution is 2.45. The van der Waals surface area contributed by atoms with Crippen molar-refractivity contribution in [2.45, 2.75) is 0 Å². The van der Waals surface area contributed by atoms with Gasteiger partial charge in [0.05, 0.1) is 11.0 Å². The van der Waals surface area contributed by atoms with Crippen molar-refractivity contribution in [1.82, 2.24) is 4.57 Å². The molecule has 0 spiro atoms. The lowest BCUT2D eigenvalue weighted by molar-refractivity contribution is 1.18. The summed E-state index contributed by atoms with van der Waals surface area (Å²) in [5.41, 5.74) is 11.8. The molecule has 0 radical (unpaired) electrons. The van der Waals surface area contributed by atoms with Gasteiger partial charge in [0.25, 0.3) is 0 Å². The van der Waals surface area contributed by atoms with Crippen molar-refractivity contribution in [3.05, 3.63) is 206 Å². The largest absolute Gasteiger partial charge is 0.310 e. The number of hydrogen-bond acceptors (Lipinski definition) is 3. The summed E-state index contributed by atoms with van der Waals surface area (Å²) in [6.07, 6.45) is 0. The van der Waals surface area contributed by atoms with Gasteiger partial charge in [0, 0.05) is 73.9 Å². The van der Waals surface area contributed by atoms with Crippen LogP contribution in [0.25, 0.3) is 90.1 Å². The molecule has 0 unspecified atom stereocenters. The van der Waals surface area contributed by atoms with Crippen LogP contribution in [0.3, 0.4) is 0 Å². The number of rotatable bonds is 6.